The van der Waals surface area contributed by atoms with Crippen molar-refractivity contribution in [2.45, 2.75) is 25.4 Å². The number of halogens is 1. The van der Waals surface area contributed by atoms with Gasteiger partial charge in [0.1, 0.15) is 0 Å². The van der Waals surface area contributed by atoms with E-state index in [2.05, 4.69) is 42.1 Å². The fraction of sp³-hybridized carbons (Fsp3) is 0.353. The number of pyridine rings is 1. The van der Waals surface area contributed by atoms with E-state index < -0.39 is 0 Å². The van der Waals surface area contributed by atoms with Gasteiger partial charge in [-0.3, -0.25) is 9.88 Å². The lowest BCUT2D eigenvalue weighted by molar-refractivity contribution is 0.136. The Hall–Kier alpha value is -1.42. The van der Waals surface area contributed by atoms with Gasteiger partial charge >= 0.3 is 0 Å². The lowest BCUT2D eigenvalue weighted by atomic mass is 9.91. The Morgan fingerprint density at radius 3 is 2.48 bits per heavy atom. The highest BCUT2D eigenvalue weighted by Gasteiger charge is 2.28. The number of likely N-dealkylation sites (N-methyl/N-ethyl adjacent to an activating group) is 1. The van der Waals surface area contributed by atoms with Crippen LogP contribution >= 0.6 is 11.6 Å². The second-order valence-electron chi connectivity index (χ2n) is 5.72. The summed E-state index contributed by atoms with van der Waals surface area (Å²) in [5, 5.41) is 0.761. The summed E-state index contributed by atoms with van der Waals surface area (Å²) >= 11 is 5.94. The first-order chi connectivity index (χ1) is 10.0. The molecule has 1 atom stereocenters. The molecule has 1 heterocycles. The molecular weight excluding hydrogens is 282 g/mol. The Balaban J connectivity index is 2.10. The van der Waals surface area contributed by atoms with E-state index in [0.717, 1.165) is 18.0 Å². The SMILES string of the molecule is CN(Cc1cccnc1)C(C)(CN)Cc1ccc(Cl)cc1. The van der Waals surface area contributed by atoms with Crippen molar-refractivity contribution < 1.29 is 0 Å². The van der Waals surface area contributed by atoms with E-state index in [1.54, 1.807) is 6.20 Å². The van der Waals surface area contributed by atoms with Crippen molar-refractivity contribution in [3.8, 4) is 0 Å². The second kappa shape index (κ2) is 7.03. The smallest absolute Gasteiger partial charge is 0.0406 e. The lowest BCUT2D eigenvalue weighted by Crippen LogP contribution is -2.50. The molecule has 2 rings (SSSR count). The number of aromatic nitrogens is 1. The quantitative estimate of drug-likeness (QED) is 0.891. The summed E-state index contributed by atoms with van der Waals surface area (Å²) in [4.78, 5) is 6.46. The van der Waals surface area contributed by atoms with Gasteiger partial charge in [0.25, 0.3) is 0 Å². The van der Waals surface area contributed by atoms with Crippen molar-refractivity contribution in [2.75, 3.05) is 13.6 Å². The number of hydrogen-bond donors (Lipinski definition) is 1. The third kappa shape index (κ3) is 4.27. The maximum atomic E-state index is 6.06. The van der Waals surface area contributed by atoms with Crippen LogP contribution in [0.25, 0.3) is 0 Å². The minimum atomic E-state index is -0.107. The zero-order chi connectivity index (χ0) is 15.3. The summed E-state index contributed by atoms with van der Waals surface area (Å²) in [5.41, 5.74) is 8.38. The first-order valence-corrected chi connectivity index (χ1v) is 7.46. The standard InChI is InChI=1S/C17H22ClN3/c1-17(13-19,10-14-5-7-16(18)8-6-14)21(2)12-15-4-3-9-20-11-15/h3-9,11H,10,12-13,19H2,1-2H3. The zero-order valence-corrected chi connectivity index (χ0v) is 13.3. The van der Waals surface area contributed by atoms with E-state index in [1.807, 2.05) is 24.4 Å². The van der Waals surface area contributed by atoms with Crippen molar-refractivity contribution in [3.63, 3.8) is 0 Å². The van der Waals surface area contributed by atoms with E-state index >= 15 is 0 Å². The summed E-state index contributed by atoms with van der Waals surface area (Å²) in [6.45, 7) is 3.61. The Labute approximate surface area is 131 Å². The van der Waals surface area contributed by atoms with Gasteiger partial charge in [0.2, 0.25) is 0 Å². The number of hydrogen-bond acceptors (Lipinski definition) is 3. The molecule has 1 unspecified atom stereocenters. The molecule has 1 aromatic carbocycles. The van der Waals surface area contributed by atoms with Crippen molar-refractivity contribution in [1.29, 1.82) is 0 Å². The Bertz CT molecular complexity index is 556. The summed E-state index contributed by atoms with van der Waals surface area (Å²) < 4.78 is 0. The highest BCUT2D eigenvalue weighted by molar-refractivity contribution is 6.30. The van der Waals surface area contributed by atoms with Gasteiger partial charge in [0, 0.05) is 36.0 Å². The molecule has 21 heavy (non-hydrogen) atoms. The predicted octanol–water partition coefficient (Wildman–Crippen LogP) is 3.13. The van der Waals surface area contributed by atoms with Crippen molar-refractivity contribution in [3.05, 3.63) is 64.9 Å². The molecule has 0 saturated heterocycles. The second-order valence-corrected chi connectivity index (χ2v) is 6.16. The molecule has 0 aliphatic rings. The molecule has 0 amide bonds. The van der Waals surface area contributed by atoms with E-state index in [-0.39, 0.29) is 5.54 Å². The minimum Gasteiger partial charge on any atom is -0.329 e. The van der Waals surface area contributed by atoms with Crippen LogP contribution in [0.4, 0.5) is 0 Å². The Morgan fingerprint density at radius 2 is 1.90 bits per heavy atom. The van der Waals surface area contributed by atoms with Gasteiger partial charge in [-0.1, -0.05) is 29.8 Å². The molecular formula is C17H22ClN3. The molecule has 0 fully saturated rings. The summed E-state index contributed by atoms with van der Waals surface area (Å²) in [6.07, 6.45) is 4.58. The highest BCUT2D eigenvalue weighted by Crippen LogP contribution is 2.22. The van der Waals surface area contributed by atoms with E-state index in [4.69, 9.17) is 17.3 Å². The average Bonchev–Trinajstić information content (AvgIpc) is 2.50. The monoisotopic (exact) mass is 303 g/mol. The molecule has 0 bridgehead atoms. The number of nitrogens with zero attached hydrogens (tertiary/aromatic N) is 2. The van der Waals surface area contributed by atoms with Crippen molar-refractivity contribution in [1.82, 2.24) is 9.88 Å². The maximum Gasteiger partial charge on any atom is 0.0406 e. The van der Waals surface area contributed by atoms with Crippen LogP contribution in [-0.2, 0) is 13.0 Å². The number of nitrogens with two attached hydrogens (primary N) is 1. The largest absolute Gasteiger partial charge is 0.329 e. The maximum absolute atomic E-state index is 6.06. The van der Waals surface area contributed by atoms with Crippen LogP contribution in [-0.4, -0.2) is 29.0 Å². The number of rotatable bonds is 6. The molecule has 3 nitrogen and oxygen atoms in total. The molecule has 1 aromatic heterocycles. The minimum absolute atomic E-state index is 0.107. The van der Waals surface area contributed by atoms with Gasteiger partial charge in [0.05, 0.1) is 0 Å². The molecule has 4 heteroatoms. The fourth-order valence-electron chi connectivity index (χ4n) is 2.36. The van der Waals surface area contributed by atoms with Gasteiger partial charge in [-0.2, -0.15) is 0 Å². The van der Waals surface area contributed by atoms with Crippen molar-refractivity contribution >= 4 is 11.6 Å². The Morgan fingerprint density at radius 1 is 1.19 bits per heavy atom. The molecule has 0 spiro atoms. The molecule has 0 radical (unpaired) electrons. The van der Waals surface area contributed by atoms with Crippen LogP contribution in [0, 0.1) is 0 Å². The van der Waals surface area contributed by atoms with Crippen LogP contribution in [0.5, 0.6) is 0 Å². The van der Waals surface area contributed by atoms with Gasteiger partial charge in [-0.05, 0) is 49.7 Å². The topological polar surface area (TPSA) is 42.2 Å². The van der Waals surface area contributed by atoms with E-state index in [1.165, 1.54) is 11.1 Å². The zero-order valence-electron chi connectivity index (χ0n) is 12.6. The molecule has 0 aliphatic heterocycles. The number of benzene rings is 1. The van der Waals surface area contributed by atoms with Crippen LogP contribution in [0.2, 0.25) is 5.02 Å². The van der Waals surface area contributed by atoms with Crippen LogP contribution in [0.3, 0.4) is 0 Å². The van der Waals surface area contributed by atoms with Gasteiger partial charge in [-0.25, -0.2) is 0 Å². The normalized spacial score (nSPS) is 14.1. The Kier molecular flexibility index (Phi) is 5.34. The van der Waals surface area contributed by atoms with Crippen LogP contribution < -0.4 is 5.73 Å². The summed E-state index contributed by atoms with van der Waals surface area (Å²) in [5.74, 6) is 0. The molecule has 112 valence electrons. The summed E-state index contributed by atoms with van der Waals surface area (Å²) in [6, 6.07) is 12.0. The first kappa shape index (κ1) is 16.0. The first-order valence-electron chi connectivity index (χ1n) is 7.08. The van der Waals surface area contributed by atoms with Crippen LogP contribution in [0.15, 0.2) is 48.8 Å². The average molecular weight is 304 g/mol. The summed E-state index contributed by atoms with van der Waals surface area (Å²) in [7, 11) is 2.11. The van der Waals surface area contributed by atoms with Gasteiger partial charge in [-0.15, -0.1) is 0 Å². The third-order valence-corrected chi connectivity index (χ3v) is 4.25. The fourth-order valence-corrected chi connectivity index (χ4v) is 2.49. The molecule has 0 saturated carbocycles. The van der Waals surface area contributed by atoms with Gasteiger partial charge in [0.15, 0.2) is 0 Å². The third-order valence-electron chi connectivity index (χ3n) is 4.00. The predicted molar refractivity (Wildman–Crippen MR) is 88.3 cm³/mol. The van der Waals surface area contributed by atoms with Gasteiger partial charge < -0.3 is 5.73 Å². The van der Waals surface area contributed by atoms with Crippen molar-refractivity contribution in [2.24, 2.45) is 5.73 Å². The lowest BCUT2D eigenvalue weighted by Gasteiger charge is -2.38. The molecule has 2 N–H and O–H groups in total. The molecule has 0 aliphatic carbocycles. The van der Waals surface area contributed by atoms with E-state index in [0.29, 0.717) is 6.54 Å². The van der Waals surface area contributed by atoms with E-state index in [9.17, 15) is 0 Å². The highest BCUT2D eigenvalue weighted by atomic mass is 35.5. The van der Waals surface area contributed by atoms with Crippen LogP contribution in [0.1, 0.15) is 18.1 Å². The molecule has 2 aromatic rings.